The predicted octanol–water partition coefficient (Wildman–Crippen LogP) is 7.23. The minimum Gasteiger partial charge on any atom is -0.310 e. The van der Waals surface area contributed by atoms with Crippen LogP contribution in [0, 0.1) is 6.92 Å². The highest BCUT2D eigenvalue weighted by atomic mass is 15.1. The van der Waals surface area contributed by atoms with E-state index in [1.807, 2.05) is 0 Å². The molecular weight excluding hydrogens is 338 g/mol. The van der Waals surface area contributed by atoms with E-state index in [2.05, 4.69) is 109 Å². The number of hydrogen-bond donors (Lipinski definition) is 0. The van der Waals surface area contributed by atoms with E-state index in [1.54, 1.807) is 0 Å². The third-order valence-electron chi connectivity index (χ3n) is 5.64. The maximum absolute atomic E-state index is 2.41. The Labute approximate surface area is 166 Å². The van der Waals surface area contributed by atoms with Crippen LogP contribution in [0.1, 0.15) is 16.7 Å². The van der Waals surface area contributed by atoms with E-state index in [-0.39, 0.29) is 0 Å². The molecular formula is C27H23N. The van der Waals surface area contributed by atoms with Crippen LogP contribution in [-0.4, -0.2) is 0 Å². The first-order valence-corrected chi connectivity index (χ1v) is 9.93. The van der Waals surface area contributed by atoms with E-state index >= 15 is 0 Å². The molecule has 0 fully saturated rings. The van der Waals surface area contributed by atoms with Crippen molar-refractivity contribution in [3.8, 4) is 11.1 Å². The van der Waals surface area contributed by atoms with Gasteiger partial charge < -0.3 is 4.90 Å². The molecule has 136 valence electrons. The zero-order chi connectivity index (χ0) is 18.9. The van der Waals surface area contributed by atoms with Gasteiger partial charge in [0, 0.05) is 17.1 Å². The van der Waals surface area contributed by atoms with Crippen molar-refractivity contribution in [1.29, 1.82) is 0 Å². The largest absolute Gasteiger partial charge is 0.310 e. The SMILES string of the molecule is Cc1ccc(-c2ccc(N3c4ccccc4CCc4ccccc43)cc2)cc1. The number of hydrogen-bond acceptors (Lipinski definition) is 1. The summed E-state index contributed by atoms with van der Waals surface area (Å²) >= 11 is 0. The lowest BCUT2D eigenvalue weighted by Crippen LogP contribution is -2.11. The number of rotatable bonds is 2. The van der Waals surface area contributed by atoms with Crippen LogP contribution >= 0.6 is 0 Å². The molecule has 4 aromatic rings. The van der Waals surface area contributed by atoms with Crippen LogP contribution < -0.4 is 4.90 Å². The van der Waals surface area contributed by atoms with Gasteiger partial charge >= 0.3 is 0 Å². The van der Waals surface area contributed by atoms with Crippen LogP contribution in [0.5, 0.6) is 0 Å². The molecule has 5 rings (SSSR count). The first-order chi connectivity index (χ1) is 13.8. The van der Waals surface area contributed by atoms with Crippen molar-refractivity contribution in [2.24, 2.45) is 0 Å². The van der Waals surface area contributed by atoms with Crippen molar-refractivity contribution in [3.05, 3.63) is 114 Å². The van der Waals surface area contributed by atoms with Crippen LogP contribution in [0.25, 0.3) is 11.1 Å². The minimum atomic E-state index is 1.07. The highest BCUT2D eigenvalue weighted by Gasteiger charge is 2.21. The second kappa shape index (κ2) is 7.01. The van der Waals surface area contributed by atoms with E-state index in [1.165, 1.54) is 44.9 Å². The second-order valence-electron chi connectivity index (χ2n) is 7.51. The van der Waals surface area contributed by atoms with Crippen molar-refractivity contribution in [1.82, 2.24) is 0 Å². The summed E-state index contributed by atoms with van der Waals surface area (Å²) in [6.45, 7) is 2.13. The summed E-state index contributed by atoms with van der Waals surface area (Å²) in [5.41, 5.74) is 10.4. The molecule has 0 saturated heterocycles. The van der Waals surface area contributed by atoms with Gasteiger partial charge in [-0.25, -0.2) is 0 Å². The molecule has 1 nitrogen and oxygen atoms in total. The maximum atomic E-state index is 2.41. The van der Waals surface area contributed by atoms with Gasteiger partial charge in [0.1, 0.15) is 0 Å². The molecule has 1 aliphatic rings. The topological polar surface area (TPSA) is 3.24 Å². The van der Waals surface area contributed by atoms with E-state index in [0.29, 0.717) is 0 Å². The lowest BCUT2D eigenvalue weighted by Gasteiger charge is -2.27. The Morgan fingerprint density at radius 2 is 1.00 bits per heavy atom. The van der Waals surface area contributed by atoms with Gasteiger partial charge in [-0.1, -0.05) is 78.4 Å². The van der Waals surface area contributed by atoms with Crippen LogP contribution in [-0.2, 0) is 12.8 Å². The fourth-order valence-electron chi connectivity index (χ4n) is 4.11. The van der Waals surface area contributed by atoms with Gasteiger partial charge in [-0.2, -0.15) is 0 Å². The van der Waals surface area contributed by atoms with Gasteiger partial charge in [0.15, 0.2) is 0 Å². The van der Waals surface area contributed by atoms with E-state index in [4.69, 9.17) is 0 Å². The molecule has 28 heavy (non-hydrogen) atoms. The van der Waals surface area contributed by atoms with Gasteiger partial charge in [-0.05, 0) is 66.3 Å². The molecule has 1 heterocycles. The smallest absolute Gasteiger partial charge is 0.0493 e. The number of fused-ring (bicyclic) bond motifs is 2. The fourth-order valence-corrected chi connectivity index (χ4v) is 4.11. The average Bonchev–Trinajstić information content (AvgIpc) is 2.91. The molecule has 0 bridgehead atoms. The Morgan fingerprint density at radius 1 is 0.536 bits per heavy atom. The number of nitrogens with zero attached hydrogens (tertiary/aromatic N) is 1. The van der Waals surface area contributed by atoms with Crippen LogP contribution in [0.4, 0.5) is 17.1 Å². The molecule has 0 unspecified atom stereocenters. The van der Waals surface area contributed by atoms with Crippen LogP contribution in [0.3, 0.4) is 0 Å². The van der Waals surface area contributed by atoms with Crippen molar-refractivity contribution in [3.63, 3.8) is 0 Å². The zero-order valence-corrected chi connectivity index (χ0v) is 16.1. The first-order valence-electron chi connectivity index (χ1n) is 9.93. The lowest BCUT2D eigenvalue weighted by molar-refractivity contribution is 0.977. The minimum absolute atomic E-state index is 1.07. The van der Waals surface area contributed by atoms with Gasteiger partial charge in [0.2, 0.25) is 0 Å². The summed E-state index contributed by atoms with van der Waals surface area (Å²) in [5, 5.41) is 0. The van der Waals surface area contributed by atoms with Gasteiger partial charge in [0.05, 0.1) is 0 Å². The summed E-state index contributed by atoms with van der Waals surface area (Å²) in [6.07, 6.45) is 2.15. The summed E-state index contributed by atoms with van der Waals surface area (Å²) in [7, 11) is 0. The van der Waals surface area contributed by atoms with Crippen molar-refractivity contribution in [2.75, 3.05) is 4.90 Å². The molecule has 4 aromatic carbocycles. The normalized spacial score (nSPS) is 12.8. The summed E-state index contributed by atoms with van der Waals surface area (Å²) in [5.74, 6) is 0. The van der Waals surface area contributed by atoms with E-state index in [9.17, 15) is 0 Å². The third kappa shape index (κ3) is 2.99. The molecule has 0 saturated carbocycles. The molecule has 0 radical (unpaired) electrons. The Kier molecular flexibility index (Phi) is 4.21. The standard InChI is InChI=1S/C27H23N/c1-20-10-12-21(13-11-20)22-16-18-25(19-17-22)28-26-8-4-2-6-23(26)14-15-24-7-3-5-9-27(24)28/h2-13,16-19H,14-15H2,1H3. The zero-order valence-electron chi connectivity index (χ0n) is 16.1. The van der Waals surface area contributed by atoms with Crippen molar-refractivity contribution < 1.29 is 0 Å². The van der Waals surface area contributed by atoms with Gasteiger partial charge in [-0.15, -0.1) is 0 Å². The molecule has 1 aliphatic heterocycles. The first kappa shape index (κ1) is 16.8. The number of anilines is 3. The maximum Gasteiger partial charge on any atom is 0.0493 e. The Morgan fingerprint density at radius 3 is 1.54 bits per heavy atom. The average molecular weight is 361 g/mol. The monoisotopic (exact) mass is 361 g/mol. The fraction of sp³-hybridized carbons (Fsp3) is 0.111. The highest BCUT2D eigenvalue weighted by Crippen LogP contribution is 2.41. The van der Waals surface area contributed by atoms with Crippen molar-refractivity contribution in [2.45, 2.75) is 19.8 Å². The molecule has 0 atom stereocenters. The van der Waals surface area contributed by atoms with E-state index in [0.717, 1.165) is 12.8 Å². The number of aryl methyl sites for hydroxylation is 3. The quantitative estimate of drug-likeness (QED) is 0.364. The molecule has 0 spiro atoms. The molecule has 1 heteroatoms. The van der Waals surface area contributed by atoms with Gasteiger partial charge in [-0.3, -0.25) is 0 Å². The molecule has 0 aliphatic carbocycles. The van der Waals surface area contributed by atoms with E-state index < -0.39 is 0 Å². The molecule has 0 amide bonds. The summed E-state index contributed by atoms with van der Waals surface area (Å²) < 4.78 is 0. The van der Waals surface area contributed by atoms with Gasteiger partial charge in [0.25, 0.3) is 0 Å². The van der Waals surface area contributed by atoms with Crippen molar-refractivity contribution >= 4 is 17.1 Å². The number of benzene rings is 4. The Bertz CT molecular complexity index is 1060. The molecule has 0 N–H and O–H groups in total. The van der Waals surface area contributed by atoms with Crippen LogP contribution in [0.15, 0.2) is 97.1 Å². The van der Waals surface area contributed by atoms with Crippen LogP contribution in [0.2, 0.25) is 0 Å². The Hall–Kier alpha value is -3.32. The predicted molar refractivity (Wildman–Crippen MR) is 119 cm³/mol. The lowest BCUT2D eigenvalue weighted by atomic mass is 10.0. The second-order valence-corrected chi connectivity index (χ2v) is 7.51. The summed E-state index contributed by atoms with van der Waals surface area (Å²) in [6, 6.07) is 35.3. The Balaban J connectivity index is 1.61. The molecule has 0 aromatic heterocycles. The summed E-state index contributed by atoms with van der Waals surface area (Å²) in [4.78, 5) is 2.41. The number of para-hydroxylation sites is 2. The highest BCUT2D eigenvalue weighted by molar-refractivity contribution is 5.82. The third-order valence-corrected chi connectivity index (χ3v) is 5.64.